The number of hydrogen-bond acceptors (Lipinski definition) is 4. The van der Waals surface area contributed by atoms with Crippen LogP contribution in [-0.4, -0.2) is 36.2 Å². The van der Waals surface area contributed by atoms with E-state index in [4.69, 9.17) is 15.6 Å². The van der Waals surface area contributed by atoms with Crippen LogP contribution in [0.1, 0.15) is 24.0 Å². The number of nitrogens with two attached hydrogens (primary N) is 1. The van der Waals surface area contributed by atoms with E-state index in [1.54, 1.807) is 17.0 Å². The average molecular weight is 404 g/mol. The van der Waals surface area contributed by atoms with Gasteiger partial charge in [0.15, 0.2) is 0 Å². The number of carbonyl (C=O) groups excluding carboxylic acids is 1. The smallest absolute Gasteiger partial charge is 0.321 e. The molecule has 2 aromatic rings. The van der Waals surface area contributed by atoms with Crippen molar-refractivity contribution in [2.75, 3.05) is 18.1 Å². The molecule has 2 aromatic carbocycles. The number of rotatable bonds is 8. The highest BCUT2D eigenvalue weighted by Gasteiger charge is 2.27. The summed E-state index contributed by atoms with van der Waals surface area (Å²) in [6, 6.07) is 7.66. The Bertz CT molecular complexity index is 920. The molecule has 0 bridgehead atoms. The maximum atomic E-state index is 13.6. The molecule has 1 unspecified atom stereocenters. The van der Waals surface area contributed by atoms with Crippen molar-refractivity contribution in [3.63, 3.8) is 0 Å². The van der Waals surface area contributed by atoms with Crippen molar-refractivity contribution in [2.24, 2.45) is 5.73 Å². The molecule has 0 spiro atoms. The molecule has 0 saturated carbocycles. The van der Waals surface area contributed by atoms with Crippen LogP contribution in [-0.2, 0) is 22.4 Å². The average Bonchev–Trinajstić information content (AvgIpc) is 3.09. The number of anilines is 1. The minimum Gasteiger partial charge on any atom is -0.494 e. The first kappa shape index (κ1) is 20.7. The molecular formula is C21H22F2N2O4. The van der Waals surface area contributed by atoms with Gasteiger partial charge in [-0.05, 0) is 54.7 Å². The number of aryl methyl sites for hydroxylation is 1. The SMILES string of the molecule is NC(CC(=O)N1CCc2cc(OCCCc3ccc(F)cc3F)ccc21)C(=O)O. The van der Waals surface area contributed by atoms with Gasteiger partial charge in [-0.1, -0.05) is 6.07 Å². The highest BCUT2D eigenvalue weighted by Crippen LogP contribution is 2.32. The van der Waals surface area contributed by atoms with Crippen molar-refractivity contribution in [1.29, 1.82) is 0 Å². The lowest BCUT2D eigenvalue weighted by Crippen LogP contribution is -2.38. The molecule has 0 aromatic heterocycles. The minimum absolute atomic E-state index is 0.257. The summed E-state index contributed by atoms with van der Waals surface area (Å²) in [4.78, 5) is 24.7. The number of carboxylic acids is 1. The second kappa shape index (κ2) is 9.00. The van der Waals surface area contributed by atoms with E-state index in [2.05, 4.69) is 0 Å². The fraction of sp³-hybridized carbons (Fsp3) is 0.333. The molecule has 1 aliphatic rings. The molecule has 29 heavy (non-hydrogen) atoms. The summed E-state index contributed by atoms with van der Waals surface area (Å²) < 4.78 is 32.3. The fourth-order valence-electron chi connectivity index (χ4n) is 3.29. The molecule has 1 amide bonds. The van der Waals surface area contributed by atoms with Crippen LogP contribution >= 0.6 is 0 Å². The maximum absolute atomic E-state index is 13.6. The first-order valence-electron chi connectivity index (χ1n) is 9.33. The van der Waals surface area contributed by atoms with E-state index >= 15 is 0 Å². The van der Waals surface area contributed by atoms with Crippen molar-refractivity contribution in [3.8, 4) is 5.75 Å². The predicted molar refractivity (Wildman–Crippen MR) is 103 cm³/mol. The van der Waals surface area contributed by atoms with Crippen LogP contribution in [0.3, 0.4) is 0 Å². The Morgan fingerprint density at radius 3 is 2.72 bits per heavy atom. The molecule has 1 aliphatic heterocycles. The van der Waals surface area contributed by atoms with E-state index < -0.39 is 23.6 Å². The third-order valence-corrected chi connectivity index (χ3v) is 4.83. The van der Waals surface area contributed by atoms with Gasteiger partial charge >= 0.3 is 5.97 Å². The first-order chi connectivity index (χ1) is 13.8. The molecule has 1 atom stereocenters. The molecule has 0 fully saturated rings. The Hall–Kier alpha value is -3.00. The highest BCUT2D eigenvalue weighted by atomic mass is 19.1. The van der Waals surface area contributed by atoms with E-state index in [9.17, 15) is 18.4 Å². The van der Waals surface area contributed by atoms with Crippen LogP contribution in [0.4, 0.5) is 14.5 Å². The van der Waals surface area contributed by atoms with Crippen LogP contribution in [0, 0.1) is 11.6 Å². The number of benzene rings is 2. The van der Waals surface area contributed by atoms with Crippen LogP contribution in [0.5, 0.6) is 5.75 Å². The van der Waals surface area contributed by atoms with E-state index in [0.29, 0.717) is 43.7 Å². The Balaban J connectivity index is 1.53. The van der Waals surface area contributed by atoms with Crippen molar-refractivity contribution in [3.05, 3.63) is 59.2 Å². The van der Waals surface area contributed by atoms with Gasteiger partial charge < -0.3 is 20.5 Å². The van der Waals surface area contributed by atoms with Gasteiger partial charge in [-0.25, -0.2) is 8.78 Å². The predicted octanol–water partition coefficient (Wildman–Crippen LogP) is 2.67. The van der Waals surface area contributed by atoms with Crippen molar-refractivity contribution < 1.29 is 28.2 Å². The number of carbonyl (C=O) groups is 2. The van der Waals surface area contributed by atoms with Gasteiger partial charge in [-0.2, -0.15) is 0 Å². The van der Waals surface area contributed by atoms with E-state index in [1.807, 2.05) is 6.07 Å². The van der Waals surface area contributed by atoms with Crippen molar-refractivity contribution in [1.82, 2.24) is 0 Å². The standard InChI is InChI=1S/C21H22F2N2O4/c22-15-4-3-13(17(23)11-15)2-1-9-29-16-5-6-19-14(10-16)7-8-25(19)20(26)12-18(24)21(27)28/h3-6,10-11,18H,1-2,7-9,12,24H2,(H,27,28). The molecule has 8 heteroatoms. The quantitative estimate of drug-likeness (QED) is 0.660. The largest absolute Gasteiger partial charge is 0.494 e. The topological polar surface area (TPSA) is 92.9 Å². The summed E-state index contributed by atoms with van der Waals surface area (Å²) >= 11 is 0. The van der Waals surface area contributed by atoms with E-state index in [0.717, 1.165) is 17.3 Å². The van der Waals surface area contributed by atoms with E-state index in [1.165, 1.54) is 12.1 Å². The number of nitrogens with zero attached hydrogens (tertiary/aromatic N) is 1. The van der Waals surface area contributed by atoms with Crippen LogP contribution in [0.2, 0.25) is 0 Å². The number of carboxylic acid groups (broad SMARTS) is 1. The highest BCUT2D eigenvalue weighted by molar-refractivity contribution is 5.97. The third-order valence-electron chi connectivity index (χ3n) is 4.83. The first-order valence-corrected chi connectivity index (χ1v) is 9.33. The Morgan fingerprint density at radius 2 is 2.00 bits per heavy atom. The fourth-order valence-corrected chi connectivity index (χ4v) is 3.29. The second-order valence-corrected chi connectivity index (χ2v) is 6.92. The van der Waals surface area contributed by atoms with Gasteiger partial charge in [-0.3, -0.25) is 9.59 Å². The molecule has 154 valence electrons. The number of aliphatic carboxylic acids is 1. The van der Waals surface area contributed by atoms with Gasteiger partial charge in [-0.15, -0.1) is 0 Å². The molecule has 0 aliphatic carbocycles. The summed E-state index contributed by atoms with van der Waals surface area (Å²) in [7, 11) is 0. The van der Waals surface area contributed by atoms with Crippen LogP contribution in [0.25, 0.3) is 0 Å². The van der Waals surface area contributed by atoms with Gasteiger partial charge in [0.25, 0.3) is 0 Å². The molecule has 1 heterocycles. The number of hydrogen-bond donors (Lipinski definition) is 2. The summed E-state index contributed by atoms with van der Waals surface area (Å²) in [6.45, 7) is 0.833. The number of fused-ring (bicyclic) bond motifs is 1. The van der Waals surface area contributed by atoms with Crippen molar-refractivity contribution >= 4 is 17.6 Å². The Labute approximate surface area is 166 Å². The van der Waals surface area contributed by atoms with Gasteiger partial charge in [0.2, 0.25) is 5.91 Å². The zero-order chi connectivity index (χ0) is 21.0. The lowest BCUT2D eigenvalue weighted by Gasteiger charge is -2.18. The summed E-state index contributed by atoms with van der Waals surface area (Å²) in [6.07, 6.45) is 1.38. The van der Waals surface area contributed by atoms with Gasteiger partial charge in [0.05, 0.1) is 13.0 Å². The van der Waals surface area contributed by atoms with Gasteiger partial charge in [0.1, 0.15) is 23.4 Å². The Morgan fingerprint density at radius 1 is 1.21 bits per heavy atom. The molecule has 3 N–H and O–H groups in total. The molecule has 6 nitrogen and oxygen atoms in total. The summed E-state index contributed by atoms with van der Waals surface area (Å²) in [5.74, 6) is -2.05. The molecular weight excluding hydrogens is 382 g/mol. The molecule has 0 saturated heterocycles. The second-order valence-electron chi connectivity index (χ2n) is 6.92. The number of halogens is 2. The van der Waals surface area contributed by atoms with Crippen molar-refractivity contribution in [2.45, 2.75) is 31.7 Å². The van der Waals surface area contributed by atoms with Crippen LogP contribution in [0.15, 0.2) is 36.4 Å². The zero-order valence-electron chi connectivity index (χ0n) is 15.7. The summed E-state index contributed by atoms with van der Waals surface area (Å²) in [5.41, 5.74) is 7.55. The maximum Gasteiger partial charge on any atom is 0.321 e. The number of amides is 1. The minimum atomic E-state index is -1.22. The Kier molecular flexibility index (Phi) is 6.43. The number of ether oxygens (including phenoxy) is 1. The zero-order valence-corrected chi connectivity index (χ0v) is 15.7. The normalized spacial score (nSPS) is 13.8. The third kappa shape index (κ3) is 5.08. The summed E-state index contributed by atoms with van der Waals surface area (Å²) in [5, 5.41) is 8.86. The molecule has 3 rings (SSSR count). The van der Waals surface area contributed by atoms with E-state index in [-0.39, 0.29) is 12.3 Å². The lowest BCUT2D eigenvalue weighted by atomic mass is 10.1. The lowest BCUT2D eigenvalue weighted by molar-refractivity contribution is -0.140. The molecule has 0 radical (unpaired) electrons. The van der Waals surface area contributed by atoms with Gasteiger partial charge in [0, 0.05) is 18.3 Å². The monoisotopic (exact) mass is 404 g/mol. The van der Waals surface area contributed by atoms with Crippen LogP contribution < -0.4 is 15.4 Å².